The number of nitrogens with one attached hydrogen (secondary N) is 1. The van der Waals surface area contributed by atoms with Crippen molar-refractivity contribution >= 4 is 0 Å². The third-order valence-electron chi connectivity index (χ3n) is 3.29. The Morgan fingerprint density at radius 1 is 1.29 bits per heavy atom. The van der Waals surface area contributed by atoms with Crippen molar-refractivity contribution in [3.05, 3.63) is 12.7 Å². The van der Waals surface area contributed by atoms with E-state index in [1.807, 2.05) is 0 Å². The Bertz CT molecular complexity index is 145. The summed E-state index contributed by atoms with van der Waals surface area (Å²) in [6, 6.07) is 0.563. The van der Waals surface area contributed by atoms with Gasteiger partial charge in [0.2, 0.25) is 0 Å². The summed E-state index contributed by atoms with van der Waals surface area (Å²) < 4.78 is 0. The highest BCUT2D eigenvalue weighted by molar-refractivity contribution is 4.91. The molecule has 0 heterocycles. The lowest BCUT2D eigenvalue weighted by Crippen LogP contribution is -2.34. The number of hydrogen-bond acceptors (Lipinski definition) is 1. The minimum absolute atomic E-state index is 0.563. The van der Waals surface area contributed by atoms with Gasteiger partial charge in [-0.05, 0) is 31.7 Å². The molecule has 1 atom stereocenters. The van der Waals surface area contributed by atoms with Gasteiger partial charge in [0.15, 0.2) is 0 Å². The highest BCUT2D eigenvalue weighted by Crippen LogP contribution is 2.25. The van der Waals surface area contributed by atoms with Gasteiger partial charge >= 0.3 is 0 Å². The van der Waals surface area contributed by atoms with Crippen LogP contribution in [0.4, 0.5) is 0 Å². The zero-order valence-corrected chi connectivity index (χ0v) is 9.60. The van der Waals surface area contributed by atoms with Gasteiger partial charge in [-0.3, -0.25) is 0 Å². The summed E-state index contributed by atoms with van der Waals surface area (Å²) in [5.74, 6) is 0.849. The van der Waals surface area contributed by atoms with Gasteiger partial charge in [-0.1, -0.05) is 38.7 Å². The molecule has 1 rings (SSSR count). The van der Waals surface area contributed by atoms with E-state index in [0.717, 1.165) is 12.5 Å². The lowest BCUT2D eigenvalue weighted by atomic mass is 9.92. The van der Waals surface area contributed by atoms with Crippen LogP contribution in [0.25, 0.3) is 0 Å². The molecule has 0 spiro atoms. The zero-order chi connectivity index (χ0) is 10.2. The summed E-state index contributed by atoms with van der Waals surface area (Å²) in [6.45, 7) is 7.31. The van der Waals surface area contributed by atoms with Gasteiger partial charge in [-0.25, -0.2) is 0 Å². The van der Waals surface area contributed by atoms with Gasteiger partial charge in [-0.2, -0.15) is 0 Å². The van der Waals surface area contributed by atoms with Crippen LogP contribution < -0.4 is 5.32 Å². The average Bonchev–Trinajstić information content (AvgIpc) is 2.48. The molecule has 0 aromatic carbocycles. The Balaban J connectivity index is 2.36. The molecule has 1 unspecified atom stereocenters. The number of hydrogen-bond donors (Lipinski definition) is 1. The molecule has 1 heteroatoms. The molecule has 0 aliphatic heterocycles. The fraction of sp³-hybridized carbons (Fsp3) is 0.846. The second kappa shape index (κ2) is 7.05. The van der Waals surface area contributed by atoms with Crippen molar-refractivity contribution < 1.29 is 0 Å². The third-order valence-corrected chi connectivity index (χ3v) is 3.29. The van der Waals surface area contributed by atoms with Gasteiger partial charge < -0.3 is 5.32 Å². The first-order valence-electron chi connectivity index (χ1n) is 6.24. The van der Waals surface area contributed by atoms with Crippen molar-refractivity contribution in [3.63, 3.8) is 0 Å². The second-order valence-corrected chi connectivity index (χ2v) is 4.47. The molecular weight excluding hydrogens is 170 g/mol. The van der Waals surface area contributed by atoms with Crippen molar-refractivity contribution in [1.29, 1.82) is 0 Å². The second-order valence-electron chi connectivity index (χ2n) is 4.47. The monoisotopic (exact) mass is 195 g/mol. The third kappa shape index (κ3) is 3.83. The van der Waals surface area contributed by atoms with E-state index in [1.165, 1.54) is 44.9 Å². The first-order valence-corrected chi connectivity index (χ1v) is 6.24. The van der Waals surface area contributed by atoms with Crippen molar-refractivity contribution in [2.45, 2.75) is 57.9 Å². The fourth-order valence-electron chi connectivity index (χ4n) is 2.42. The largest absolute Gasteiger partial charge is 0.310 e. The molecule has 0 bridgehead atoms. The Morgan fingerprint density at radius 3 is 2.43 bits per heavy atom. The van der Waals surface area contributed by atoms with Crippen LogP contribution in [-0.2, 0) is 0 Å². The van der Waals surface area contributed by atoms with Crippen molar-refractivity contribution in [2.24, 2.45) is 5.92 Å². The van der Waals surface area contributed by atoms with Crippen LogP contribution in [0, 0.1) is 5.92 Å². The predicted molar refractivity (Wildman–Crippen MR) is 63.5 cm³/mol. The van der Waals surface area contributed by atoms with E-state index in [4.69, 9.17) is 0 Å². The maximum atomic E-state index is 3.96. The molecule has 1 aliphatic carbocycles. The molecule has 0 saturated heterocycles. The minimum Gasteiger partial charge on any atom is -0.310 e. The van der Waals surface area contributed by atoms with Gasteiger partial charge in [0, 0.05) is 6.04 Å². The van der Waals surface area contributed by atoms with E-state index in [1.54, 1.807) is 0 Å². The first-order chi connectivity index (χ1) is 6.88. The van der Waals surface area contributed by atoms with E-state index in [2.05, 4.69) is 24.9 Å². The molecule has 0 radical (unpaired) electrons. The Morgan fingerprint density at radius 2 is 1.93 bits per heavy atom. The topological polar surface area (TPSA) is 12.0 Å². The van der Waals surface area contributed by atoms with Gasteiger partial charge in [-0.15, -0.1) is 6.58 Å². The van der Waals surface area contributed by atoms with Gasteiger partial charge in [0.1, 0.15) is 0 Å². The van der Waals surface area contributed by atoms with Crippen LogP contribution in [0.3, 0.4) is 0 Å². The summed E-state index contributed by atoms with van der Waals surface area (Å²) in [4.78, 5) is 0. The molecule has 14 heavy (non-hydrogen) atoms. The highest BCUT2D eigenvalue weighted by atomic mass is 14.9. The zero-order valence-electron chi connectivity index (χ0n) is 9.60. The first kappa shape index (κ1) is 11.8. The van der Waals surface area contributed by atoms with Gasteiger partial charge in [0.25, 0.3) is 0 Å². The lowest BCUT2D eigenvalue weighted by molar-refractivity contribution is 0.365. The fourth-order valence-corrected chi connectivity index (χ4v) is 2.42. The van der Waals surface area contributed by atoms with Crippen molar-refractivity contribution in [2.75, 3.05) is 6.54 Å². The van der Waals surface area contributed by atoms with E-state index >= 15 is 0 Å². The van der Waals surface area contributed by atoms with Crippen LogP contribution in [0.5, 0.6) is 0 Å². The molecule has 1 N–H and O–H groups in total. The normalized spacial score (nSPS) is 21.5. The van der Waals surface area contributed by atoms with Crippen LogP contribution in [0.15, 0.2) is 12.7 Å². The highest BCUT2D eigenvalue weighted by Gasteiger charge is 2.19. The molecule has 0 amide bonds. The van der Waals surface area contributed by atoms with Crippen LogP contribution in [0.2, 0.25) is 0 Å². The Hall–Kier alpha value is -0.300. The standard InChI is InChI=1S/C13H25N/c1-3-11-14-13(4-2)12-9-7-5-6-8-10-12/h4,12-14H,2-3,5-11H2,1H3. The summed E-state index contributed by atoms with van der Waals surface area (Å²) >= 11 is 0. The van der Waals surface area contributed by atoms with Crippen molar-refractivity contribution in [3.8, 4) is 0 Å². The number of rotatable bonds is 5. The quantitative estimate of drug-likeness (QED) is 0.523. The SMILES string of the molecule is C=CC(NCCC)C1CCCCCC1. The molecule has 1 aliphatic rings. The van der Waals surface area contributed by atoms with Crippen LogP contribution in [0.1, 0.15) is 51.9 Å². The maximum Gasteiger partial charge on any atom is 0.0275 e. The predicted octanol–water partition coefficient (Wildman–Crippen LogP) is 3.51. The summed E-state index contributed by atoms with van der Waals surface area (Å²) in [7, 11) is 0. The Labute approximate surface area is 89.0 Å². The summed E-state index contributed by atoms with van der Waals surface area (Å²) in [6.07, 6.45) is 11.8. The average molecular weight is 195 g/mol. The van der Waals surface area contributed by atoms with E-state index < -0.39 is 0 Å². The maximum absolute atomic E-state index is 3.96. The molecule has 0 aromatic heterocycles. The van der Waals surface area contributed by atoms with Crippen LogP contribution >= 0.6 is 0 Å². The molecule has 0 aromatic rings. The molecule has 1 saturated carbocycles. The Kier molecular flexibility index (Phi) is 5.93. The molecule has 1 nitrogen and oxygen atoms in total. The molecular formula is C13H25N. The smallest absolute Gasteiger partial charge is 0.0275 e. The molecule has 82 valence electrons. The minimum atomic E-state index is 0.563. The summed E-state index contributed by atoms with van der Waals surface area (Å²) in [5.41, 5.74) is 0. The molecule has 1 fully saturated rings. The van der Waals surface area contributed by atoms with E-state index in [-0.39, 0.29) is 0 Å². The van der Waals surface area contributed by atoms with Crippen molar-refractivity contribution in [1.82, 2.24) is 5.32 Å². The van der Waals surface area contributed by atoms with Crippen LogP contribution in [-0.4, -0.2) is 12.6 Å². The van der Waals surface area contributed by atoms with E-state index in [0.29, 0.717) is 6.04 Å². The van der Waals surface area contributed by atoms with Gasteiger partial charge in [0.05, 0.1) is 0 Å². The summed E-state index contributed by atoms with van der Waals surface area (Å²) in [5, 5.41) is 3.60. The lowest BCUT2D eigenvalue weighted by Gasteiger charge is -2.24. The van der Waals surface area contributed by atoms with E-state index in [9.17, 15) is 0 Å².